The number of hydrogen-bond donors (Lipinski definition) is 0. The van der Waals surface area contributed by atoms with Gasteiger partial charge >= 0.3 is 0 Å². The molecule has 0 aliphatic heterocycles. The van der Waals surface area contributed by atoms with Crippen molar-refractivity contribution in [1.82, 2.24) is 9.55 Å². The summed E-state index contributed by atoms with van der Waals surface area (Å²) >= 11 is 0. The Kier molecular flexibility index (Phi) is 2.11. The minimum atomic E-state index is 0.804. The van der Waals surface area contributed by atoms with Crippen LogP contribution >= 0.6 is 0 Å². The van der Waals surface area contributed by atoms with Gasteiger partial charge in [-0.15, -0.1) is 0 Å². The van der Waals surface area contributed by atoms with Crippen LogP contribution in [0.3, 0.4) is 0 Å². The van der Waals surface area contributed by atoms with Crippen LogP contribution in [0.15, 0.2) is 53.9 Å². The lowest BCUT2D eigenvalue weighted by molar-refractivity contribution is 0.551. The van der Waals surface area contributed by atoms with Crippen LogP contribution in [0.4, 0.5) is 0 Å². The number of para-hydroxylation sites is 2. The predicted molar refractivity (Wildman–Crippen MR) is 68.0 cm³/mol. The fraction of sp³-hybridized carbons (Fsp3) is 0.0714. The molecule has 3 rings (SSSR count). The van der Waals surface area contributed by atoms with E-state index in [1.165, 1.54) is 0 Å². The summed E-state index contributed by atoms with van der Waals surface area (Å²) < 4.78 is 7.46. The fourth-order valence-electron chi connectivity index (χ4n) is 1.84. The number of fused-ring (bicyclic) bond motifs is 1. The van der Waals surface area contributed by atoms with E-state index in [-0.39, 0.29) is 0 Å². The lowest BCUT2D eigenvalue weighted by atomic mass is 10.2. The molecule has 0 aliphatic rings. The van der Waals surface area contributed by atoms with E-state index in [2.05, 4.69) is 11.6 Å². The molecular weight excluding hydrogens is 212 g/mol. The van der Waals surface area contributed by atoms with Gasteiger partial charge in [0, 0.05) is 6.07 Å². The molecule has 0 fully saturated rings. The number of furan rings is 1. The maximum absolute atomic E-state index is 5.45. The predicted octanol–water partition coefficient (Wildman–Crippen LogP) is 3.65. The summed E-state index contributed by atoms with van der Waals surface area (Å²) in [5, 5.41) is 0. The van der Waals surface area contributed by atoms with Crippen molar-refractivity contribution in [2.45, 2.75) is 6.92 Å². The highest BCUT2D eigenvalue weighted by molar-refractivity contribution is 5.77. The Morgan fingerprint density at radius 3 is 2.94 bits per heavy atom. The lowest BCUT2D eigenvalue weighted by Gasteiger charge is -1.98. The first-order valence-electron chi connectivity index (χ1n) is 5.42. The van der Waals surface area contributed by atoms with E-state index in [1.807, 2.05) is 41.8 Å². The monoisotopic (exact) mass is 224 g/mol. The first-order chi connectivity index (χ1) is 8.25. The van der Waals surface area contributed by atoms with Crippen LogP contribution in [0.2, 0.25) is 0 Å². The van der Waals surface area contributed by atoms with Crippen LogP contribution in [-0.2, 0) is 0 Å². The van der Waals surface area contributed by atoms with Crippen molar-refractivity contribution in [3.05, 3.63) is 55.3 Å². The molecule has 3 heteroatoms. The van der Waals surface area contributed by atoms with Crippen molar-refractivity contribution >= 4 is 16.6 Å². The van der Waals surface area contributed by atoms with Gasteiger partial charge in [-0.2, -0.15) is 0 Å². The van der Waals surface area contributed by atoms with Crippen LogP contribution in [0.1, 0.15) is 12.7 Å². The van der Waals surface area contributed by atoms with Crippen molar-refractivity contribution in [3.63, 3.8) is 0 Å². The maximum atomic E-state index is 5.45. The zero-order chi connectivity index (χ0) is 11.8. The Morgan fingerprint density at radius 2 is 2.18 bits per heavy atom. The molecule has 0 radical (unpaired) electrons. The summed E-state index contributed by atoms with van der Waals surface area (Å²) in [5.41, 5.74) is 3.93. The SMILES string of the molecule is C=C(C)c1cc(-n2cnc3ccccc32)co1. The summed E-state index contributed by atoms with van der Waals surface area (Å²) in [7, 11) is 0. The van der Waals surface area contributed by atoms with E-state index in [1.54, 1.807) is 12.6 Å². The molecule has 2 aromatic heterocycles. The minimum Gasteiger partial charge on any atom is -0.462 e. The van der Waals surface area contributed by atoms with Gasteiger partial charge in [-0.25, -0.2) is 4.98 Å². The molecule has 0 unspecified atom stereocenters. The van der Waals surface area contributed by atoms with E-state index in [0.29, 0.717) is 0 Å². The number of aromatic nitrogens is 2. The van der Waals surface area contributed by atoms with Crippen LogP contribution in [0, 0.1) is 0 Å². The summed E-state index contributed by atoms with van der Waals surface area (Å²) in [6, 6.07) is 9.98. The van der Waals surface area contributed by atoms with Gasteiger partial charge in [-0.3, -0.25) is 4.57 Å². The van der Waals surface area contributed by atoms with Gasteiger partial charge in [0.1, 0.15) is 18.4 Å². The first kappa shape index (κ1) is 9.90. The number of allylic oxidation sites excluding steroid dienone is 1. The average molecular weight is 224 g/mol. The summed E-state index contributed by atoms with van der Waals surface area (Å²) in [4.78, 5) is 4.35. The Labute approximate surface area is 99.0 Å². The highest BCUT2D eigenvalue weighted by Crippen LogP contribution is 2.22. The summed E-state index contributed by atoms with van der Waals surface area (Å²) in [6.45, 7) is 5.79. The Hall–Kier alpha value is -2.29. The fourth-order valence-corrected chi connectivity index (χ4v) is 1.84. The van der Waals surface area contributed by atoms with E-state index in [9.17, 15) is 0 Å². The smallest absolute Gasteiger partial charge is 0.131 e. The van der Waals surface area contributed by atoms with Gasteiger partial charge in [0.05, 0.1) is 16.7 Å². The molecule has 1 aromatic carbocycles. The van der Waals surface area contributed by atoms with Gasteiger partial charge in [-0.05, 0) is 24.6 Å². The standard InChI is InChI=1S/C14H12N2O/c1-10(2)14-7-11(8-17-14)16-9-15-12-5-3-4-6-13(12)16/h3-9H,1H2,2H3. The quantitative estimate of drug-likeness (QED) is 0.665. The topological polar surface area (TPSA) is 31.0 Å². The molecule has 2 heterocycles. The van der Waals surface area contributed by atoms with Crippen LogP contribution in [0.5, 0.6) is 0 Å². The van der Waals surface area contributed by atoms with Crippen molar-refractivity contribution in [3.8, 4) is 5.69 Å². The largest absolute Gasteiger partial charge is 0.462 e. The summed E-state index contributed by atoms with van der Waals surface area (Å²) in [6.07, 6.45) is 3.52. The van der Waals surface area contributed by atoms with E-state index in [0.717, 1.165) is 28.1 Å². The Bertz CT molecular complexity index is 691. The molecule has 3 nitrogen and oxygen atoms in total. The zero-order valence-corrected chi connectivity index (χ0v) is 9.55. The zero-order valence-electron chi connectivity index (χ0n) is 9.55. The third kappa shape index (κ3) is 1.56. The number of nitrogens with zero attached hydrogens (tertiary/aromatic N) is 2. The van der Waals surface area contributed by atoms with Crippen LogP contribution in [-0.4, -0.2) is 9.55 Å². The van der Waals surface area contributed by atoms with Gasteiger partial charge in [0.2, 0.25) is 0 Å². The number of hydrogen-bond acceptors (Lipinski definition) is 2. The summed E-state index contributed by atoms with van der Waals surface area (Å²) in [5.74, 6) is 0.804. The van der Waals surface area contributed by atoms with Crippen molar-refractivity contribution in [1.29, 1.82) is 0 Å². The molecule has 0 atom stereocenters. The second-order valence-corrected chi connectivity index (χ2v) is 4.05. The molecule has 0 spiro atoms. The Morgan fingerprint density at radius 1 is 1.35 bits per heavy atom. The second-order valence-electron chi connectivity index (χ2n) is 4.05. The van der Waals surface area contributed by atoms with E-state index < -0.39 is 0 Å². The lowest BCUT2D eigenvalue weighted by Crippen LogP contribution is -1.88. The highest BCUT2D eigenvalue weighted by Gasteiger charge is 2.07. The van der Waals surface area contributed by atoms with Crippen molar-refractivity contribution in [2.24, 2.45) is 0 Å². The van der Waals surface area contributed by atoms with Gasteiger partial charge < -0.3 is 4.42 Å². The van der Waals surface area contributed by atoms with Crippen molar-refractivity contribution in [2.75, 3.05) is 0 Å². The normalized spacial score (nSPS) is 10.9. The average Bonchev–Trinajstić information content (AvgIpc) is 2.95. The molecule has 17 heavy (non-hydrogen) atoms. The van der Waals surface area contributed by atoms with Crippen molar-refractivity contribution < 1.29 is 4.42 Å². The first-order valence-corrected chi connectivity index (χ1v) is 5.42. The third-order valence-corrected chi connectivity index (χ3v) is 2.74. The molecule has 0 saturated carbocycles. The number of rotatable bonds is 2. The number of imidazole rings is 1. The molecule has 0 amide bonds. The molecule has 3 aromatic rings. The molecule has 84 valence electrons. The molecule has 0 bridgehead atoms. The highest BCUT2D eigenvalue weighted by atomic mass is 16.3. The molecule has 0 aliphatic carbocycles. The molecular formula is C14H12N2O. The van der Waals surface area contributed by atoms with Crippen LogP contribution in [0.25, 0.3) is 22.3 Å². The molecule has 0 N–H and O–H groups in total. The molecule has 0 saturated heterocycles. The number of benzene rings is 1. The van der Waals surface area contributed by atoms with E-state index >= 15 is 0 Å². The minimum absolute atomic E-state index is 0.804. The van der Waals surface area contributed by atoms with Gasteiger partial charge in [-0.1, -0.05) is 18.7 Å². The third-order valence-electron chi connectivity index (χ3n) is 2.74. The Balaban J connectivity index is 2.17. The van der Waals surface area contributed by atoms with Gasteiger partial charge in [0.15, 0.2) is 0 Å². The maximum Gasteiger partial charge on any atom is 0.131 e. The van der Waals surface area contributed by atoms with Gasteiger partial charge in [0.25, 0.3) is 0 Å². The second kappa shape index (κ2) is 3.63. The van der Waals surface area contributed by atoms with E-state index in [4.69, 9.17) is 4.42 Å². The van der Waals surface area contributed by atoms with Crippen LogP contribution < -0.4 is 0 Å².